The molecule has 2 amide bonds. The second-order valence-corrected chi connectivity index (χ2v) is 4.14. The fourth-order valence-corrected chi connectivity index (χ4v) is 1.41. The van der Waals surface area contributed by atoms with Gasteiger partial charge in [-0.15, -0.1) is 0 Å². The highest BCUT2D eigenvalue weighted by Gasteiger charge is 2.38. The molecule has 0 aliphatic heterocycles. The quantitative estimate of drug-likeness (QED) is 0.796. The molecule has 1 aromatic carbocycles. The summed E-state index contributed by atoms with van der Waals surface area (Å²) in [6.45, 7) is 0.119. The third-order valence-electron chi connectivity index (χ3n) is 2.13. The molecule has 1 aromatic rings. The van der Waals surface area contributed by atoms with Crippen LogP contribution in [0.5, 0.6) is 0 Å². The molecule has 0 saturated heterocycles. The summed E-state index contributed by atoms with van der Waals surface area (Å²) >= 11 is 5.79. The van der Waals surface area contributed by atoms with Crippen LogP contribution < -0.4 is 16.4 Å². The molecule has 0 aliphatic rings. The Morgan fingerprint density at radius 2 is 1.90 bits per heavy atom. The number of anilines is 2. The zero-order valence-electron chi connectivity index (χ0n) is 10.1. The van der Waals surface area contributed by atoms with Crippen molar-refractivity contribution in [2.45, 2.75) is 12.6 Å². The monoisotopic (exact) mass is 309 g/mol. The first-order valence-electron chi connectivity index (χ1n) is 5.41. The molecule has 20 heavy (non-hydrogen) atoms. The normalized spacial score (nSPS) is 11.1. The maximum atomic E-state index is 12.1. The van der Waals surface area contributed by atoms with Crippen LogP contribution >= 0.6 is 11.6 Å². The summed E-state index contributed by atoms with van der Waals surface area (Å²) < 4.78 is 36.3. The van der Waals surface area contributed by atoms with Gasteiger partial charge in [-0.05, 0) is 18.2 Å². The molecule has 0 unspecified atom stereocenters. The summed E-state index contributed by atoms with van der Waals surface area (Å²) in [5.74, 6) is -2.55. The Kier molecular flexibility index (Phi) is 5.34. The van der Waals surface area contributed by atoms with E-state index < -0.39 is 18.0 Å². The Hall–Kier alpha value is -1.80. The van der Waals surface area contributed by atoms with Gasteiger partial charge in [-0.25, -0.2) is 0 Å². The number of carbonyl (C=O) groups is 2. The van der Waals surface area contributed by atoms with Crippen molar-refractivity contribution >= 4 is 34.8 Å². The van der Waals surface area contributed by atoms with Crippen LogP contribution in [0.25, 0.3) is 0 Å². The number of nitrogens with two attached hydrogens (primary N) is 1. The highest BCUT2D eigenvalue weighted by Crippen LogP contribution is 2.27. The zero-order chi connectivity index (χ0) is 15.3. The standard InChI is InChI=1S/C11H11ClF3N3O2/c12-7-2-1-6(17-10(20)11(13,14)15)5-8(7)18-9(19)3-4-16/h1-2,5H,3-4,16H2,(H,17,20)(H,18,19). The third kappa shape index (κ3) is 4.71. The Bertz CT molecular complexity index is 520. The molecule has 5 nitrogen and oxygen atoms in total. The van der Waals surface area contributed by atoms with Crippen molar-refractivity contribution in [1.82, 2.24) is 0 Å². The van der Waals surface area contributed by atoms with E-state index in [1.54, 1.807) is 5.32 Å². The van der Waals surface area contributed by atoms with Gasteiger partial charge in [0, 0.05) is 18.7 Å². The Morgan fingerprint density at radius 3 is 2.45 bits per heavy atom. The molecule has 0 radical (unpaired) electrons. The number of carbonyl (C=O) groups excluding carboxylic acids is 2. The molecule has 0 aliphatic carbocycles. The maximum Gasteiger partial charge on any atom is 0.471 e. The molecule has 0 heterocycles. The molecule has 1 rings (SSSR count). The number of amides is 2. The van der Waals surface area contributed by atoms with E-state index >= 15 is 0 Å². The Labute approximate surface area is 117 Å². The van der Waals surface area contributed by atoms with Gasteiger partial charge in [0.05, 0.1) is 10.7 Å². The molecule has 4 N–H and O–H groups in total. The first kappa shape index (κ1) is 16.3. The lowest BCUT2D eigenvalue weighted by atomic mass is 10.2. The Balaban J connectivity index is 2.86. The number of alkyl halides is 3. The molecule has 0 atom stereocenters. The lowest BCUT2D eigenvalue weighted by Crippen LogP contribution is -2.29. The van der Waals surface area contributed by atoms with E-state index in [2.05, 4.69) is 5.32 Å². The fourth-order valence-electron chi connectivity index (χ4n) is 1.24. The largest absolute Gasteiger partial charge is 0.471 e. The number of benzene rings is 1. The van der Waals surface area contributed by atoms with E-state index in [-0.39, 0.29) is 29.4 Å². The average molecular weight is 310 g/mol. The van der Waals surface area contributed by atoms with Gasteiger partial charge in [-0.3, -0.25) is 9.59 Å². The van der Waals surface area contributed by atoms with Gasteiger partial charge in [0.1, 0.15) is 0 Å². The summed E-state index contributed by atoms with van der Waals surface area (Å²) in [6.07, 6.45) is -4.96. The summed E-state index contributed by atoms with van der Waals surface area (Å²) in [5.41, 5.74) is 5.14. The molecule has 0 bridgehead atoms. The van der Waals surface area contributed by atoms with Crippen LogP contribution in [0, 0.1) is 0 Å². The topological polar surface area (TPSA) is 84.2 Å². The van der Waals surface area contributed by atoms with E-state index in [0.29, 0.717) is 0 Å². The number of halogens is 4. The zero-order valence-corrected chi connectivity index (χ0v) is 10.8. The van der Waals surface area contributed by atoms with Crippen molar-refractivity contribution in [1.29, 1.82) is 0 Å². The number of hydrogen-bond donors (Lipinski definition) is 3. The van der Waals surface area contributed by atoms with Gasteiger partial charge in [0.15, 0.2) is 0 Å². The van der Waals surface area contributed by atoms with Crippen molar-refractivity contribution < 1.29 is 22.8 Å². The summed E-state index contributed by atoms with van der Waals surface area (Å²) in [7, 11) is 0. The van der Waals surface area contributed by atoms with Gasteiger partial charge in [-0.1, -0.05) is 11.6 Å². The highest BCUT2D eigenvalue weighted by molar-refractivity contribution is 6.33. The first-order chi connectivity index (χ1) is 9.24. The van der Waals surface area contributed by atoms with Crippen LogP contribution in [-0.4, -0.2) is 24.5 Å². The van der Waals surface area contributed by atoms with Crippen LogP contribution in [0.2, 0.25) is 5.02 Å². The van der Waals surface area contributed by atoms with Crippen molar-refractivity contribution in [3.8, 4) is 0 Å². The highest BCUT2D eigenvalue weighted by atomic mass is 35.5. The number of hydrogen-bond acceptors (Lipinski definition) is 3. The molecule has 0 spiro atoms. The molecule has 9 heteroatoms. The lowest BCUT2D eigenvalue weighted by Gasteiger charge is -2.11. The third-order valence-corrected chi connectivity index (χ3v) is 2.46. The minimum Gasteiger partial charge on any atom is -0.330 e. The van der Waals surface area contributed by atoms with E-state index in [1.165, 1.54) is 12.1 Å². The van der Waals surface area contributed by atoms with Crippen molar-refractivity contribution in [3.05, 3.63) is 23.2 Å². The van der Waals surface area contributed by atoms with Crippen LogP contribution in [-0.2, 0) is 9.59 Å². The Morgan fingerprint density at radius 1 is 1.25 bits per heavy atom. The van der Waals surface area contributed by atoms with Crippen molar-refractivity contribution in [2.75, 3.05) is 17.2 Å². The van der Waals surface area contributed by atoms with Crippen LogP contribution in [0.15, 0.2) is 18.2 Å². The smallest absolute Gasteiger partial charge is 0.330 e. The molecule has 110 valence electrons. The molecular formula is C11H11ClF3N3O2. The lowest BCUT2D eigenvalue weighted by molar-refractivity contribution is -0.167. The minimum atomic E-state index is -5.00. The predicted molar refractivity (Wildman–Crippen MR) is 68.4 cm³/mol. The molecule has 0 aromatic heterocycles. The van der Waals surface area contributed by atoms with Crippen LogP contribution in [0.1, 0.15) is 6.42 Å². The van der Waals surface area contributed by atoms with Crippen LogP contribution in [0.4, 0.5) is 24.5 Å². The fraction of sp³-hybridized carbons (Fsp3) is 0.273. The second kappa shape index (κ2) is 6.58. The SMILES string of the molecule is NCCC(=O)Nc1cc(NC(=O)C(F)(F)F)ccc1Cl. The van der Waals surface area contributed by atoms with Gasteiger partial charge in [0.25, 0.3) is 0 Å². The predicted octanol–water partition coefficient (Wildman–Crippen LogP) is 2.13. The van der Waals surface area contributed by atoms with Gasteiger partial charge >= 0.3 is 12.1 Å². The van der Waals surface area contributed by atoms with Crippen molar-refractivity contribution in [2.24, 2.45) is 5.73 Å². The summed E-state index contributed by atoms with van der Waals surface area (Å²) in [5, 5.41) is 4.16. The van der Waals surface area contributed by atoms with Crippen LogP contribution in [0.3, 0.4) is 0 Å². The first-order valence-corrected chi connectivity index (χ1v) is 5.79. The summed E-state index contributed by atoms with van der Waals surface area (Å²) in [6, 6.07) is 3.57. The number of nitrogens with one attached hydrogen (secondary N) is 2. The maximum absolute atomic E-state index is 12.1. The van der Waals surface area contributed by atoms with E-state index in [0.717, 1.165) is 6.07 Å². The van der Waals surface area contributed by atoms with E-state index in [9.17, 15) is 22.8 Å². The van der Waals surface area contributed by atoms with Gasteiger partial charge in [-0.2, -0.15) is 13.2 Å². The van der Waals surface area contributed by atoms with E-state index in [4.69, 9.17) is 17.3 Å². The molecule has 0 saturated carbocycles. The van der Waals surface area contributed by atoms with Gasteiger partial charge < -0.3 is 16.4 Å². The summed E-state index contributed by atoms with van der Waals surface area (Å²) in [4.78, 5) is 22.1. The minimum absolute atomic E-state index is 0.0372. The van der Waals surface area contributed by atoms with Crippen molar-refractivity contribution in [3.63, 3.8) is 0 Å². The molecular weight excluding hydrogens is 299 g/mol. The van der Waals surface area contributed by atoms with E-state index in [1.807, 2.05) is 0 Å². The number of rotatable bonds is 4. The van der Waals surface area contributed by atoms with Gasteiger partial charge in [0.2, 0.25) is 5.91 Å². The molecule has 0 fully saturated rings. The second-order valence-electron chi connectivity index (χ2n) is 3.73. The average Bonchev–Trinajstić information content (AvgIpc) is 2.32.